The quantitative estimate of drug-likeness (QED) is 0.878. The van der Waals surface area contributed by atoms with E-state index in [-0.39, 0.29) is 17.6 Å². The van der Waals surface area contributed by atoms with Crippen LogP contribution in [0, 0.1) is 18.8 Å². The number of anilines is 1. The third-order valence-corrected chi connectivity index (χ3v) is 3.87. The number of carbonyl (C=O) groups excluding carboxylic acids is 1. The zero-order valence-corrected chi connectivity index (χ0v) is 12.5. The lowest BCUT2D eigenvalue weighted by molar-refractivity contribution is -0.153. The van der Waals surface area contributed by atoms with Crippen molar-refractivity contribution in [1.82, 2.24) is 5.32 Å². The summed E-state index contributed by atoms with van der Waals surface area (Å²) in [6.07, 6.45) is -4.39. The maximum Gasteiger partial charge on any atom is 0.422 e. The Morgan fingerprint density at radius 1 is 1.45 bits per heavy atom. The monoisotopic (exact) mass is 316 g/mol. The van der Waals surface area contributed by atoms with Crippen LogP contribution in [0.5, 0.6) is 5.75 Å². The molecule has 0 radical (unpaired) electrons. The number of nitrogens with one attached hydrogen (secondary N) is 2. The molecule has 1 saturated heterocycles. The van der Waals surface area contributed by atoms with Gasteiger partial charge in [0.1, 0.15) is 5.75 Å². The maximum absolute atomic E-state index is 12.2. The molecule has 0 spiro atoms. The van der Waals surface area contributed by atoms with Crippen LogP contribution in [0.4, 0.5) is 18.9 Å². The molecule has 22 heavy (non-hydrogen) atoms. The van der Waals surface area contributed by atoms with Crippen molar-refractivity contribution >= 4 is 11.6 Å². The second-order valence-electron chi connectivity index (χ2n) is 5.53. The molecule has 2 rings (SSSR count). The Morgan fingerprint density at radius 3 is 2.68 bits per heavy atom. The predicted molar refractivity (Wildman–Crippen MR) is 76.9 cm³/mol. The van der Waals surface area contributed by atoms with Crippen molar-refractivity contribution in [3.63, 3.8) is 0 Å². The summed E-state index contributed by atoms with van der Waals surface area (Å²) in [5, 5.41) is 5.87. The minimum atomic E-state index is -4.39. The summed E-state index contributed by atoms with van der Waals surface area (Å²) >= 11 is 0. The molecule has 0 aliphatic carbocycles. The SMILES string of the molecule is Cc1c(NC(=O)C(C)C2CNC2)cccc1OCC(F)(F)F. The van der Waals surface area contributed by atoms with E-state index in [4.69, 9.17) is 4.74 Å². The molecule has 1 aromatic rings. The highest BCUT2D eigenvalue weighted by molar-refractivity contribution is 5.93. The zero-order valence-electron chi connectivity index (χ0n) is 12.5. The third-order valence-electron chi connectivity index (χ3n) is 3.87. The van der Waals surface area contributed by atoms with Crippen molar-refractivity contribution in [1.29, 1.82) is 0 Å². The summed E-state index contributed by atoms with van der Waals surface area (Å²) in [6.45, 7) is 3.73. The highest BCUT2D eigenvalue weighted by atomic mass is 19.4. The van der Waals surface area contributed by atoms with E-state index in [1.54, 1.807) is 19.1 Å². The number of alkyl halides is 3. The van der Waals surface area contributed by atoms with Crippen LogP contribution in [-0.2, 0) is 4.79 Å². The van der Waals surface area contributed by atoms with E-state index in [9.17, 15) is 18.0 Å². The Morgan fingerprint density at radius 2 is 2.14 bits per heavy atom. The number of hydrogen-bond donors (Lipinski definition) is 2. The van der Waals surface area contributed by atoms with Gasteiger partial charge in [0.2, 0.25) is 5.91 Å². The Bertz CT molecular complexity index is 542. The first kappa shape index (κ1) is 16.6. The van der Waals surface area contributed by atoms with Gasteiger partial charge in [0, 0.05) is 17.2 Å². The lowest BCUT2D eigenvalue weighted by Gasteiger charge is -2.31. The lowest BCUT2D eigenvalue weighted by atomic mass is 9.88. The Balaban J connectivity index is 2.03. The third kappa shape index (κ3) is 4.13. The summed E-state index contributed by atoms with van der Waals surface area (Å²) in [6, 6.07) is 4.67. The largest absolute Gasteiger partial charge is 0.484 e. The standard InChI is InChI=1S/C15H19F3N2O2/c1-9(11-6-19-7-11)14(21)20-12-4-3-5-13(10(12)2)22-8-15(16,17)18/h3-5,9,11,19H,6-8H2,1-2H3,(H,20,21). The molecular formula is C15H19F3N2O2. The first-order valence-corrected chi connectivity index (χ1v) is 7.08. The van der Waals surface area contributed by atoms with E-state index >= 15 is 0 Å². The number of amides is 1. The molecule has 1 amide bonds. The highest BCUT2D eigenvalue weighted by Crippen LogP contribution is 2.28. The van der Waals surface area contributed by atoms with E-state index in [0.717, 1.165) is 13.1 Å². The number of carbonyl (C=O) groups is 1. The number of ether oxygens (including phenoxy) is 1. The smallest absolute Gasteiger partial charge is 0.422 e. The molecule has 1 aliphatic heterocycles. The molecule has 2 N–H and O–H groups in total. The van der Waals surface area contributed by atoms with Gasteiger partial charge >= 0.3 is 6.18 Å². The van der Waals surface area contributed by atoms with Gasteiger partial charge in [0.05, 0.1) is 0 Å². The normalized spacial score (nSPS) is 16.8. The fourth-order valence-corrected chi connectivity index (χ4v) is 2.19. The number of benzene rings is 1. The minimum absolute atomic E-state index is 0.119. The molecule has 0 saturated carbocycles. The summed E-state index contributed by atoms with van der Waals surface area (Å²) in [5.41, 5.74) is 0.961. The van der Waals surface area contributed by atoms with Crippen LogP contribution in [-0.4, -0.2) is 31.8 Å². The zero-order chi connectivity index (χ0) is 16.3. The molecule has 1 atom stereocenters. The molecule has 4 nitrogen and oxygen atoms in total. The van der Waals surface area contributed by atoms with Gasteiger partial charge in [0.15, 0.2) is 6.61 Å². The lowest BCUT2D eigenvalue weighted by Crippen LogP contribution is -2.48. The van der Waals surface area contributed by atoms with Gasteiger partial charge in [-0.1, -0.05) is 13.0 Å². The molecule has 0 bridgehead atoms. The fourth-order valence-electron chi connectivity index (χ4n) is 2.19. The first-order chi connectivity index (χ1) is 10.3. The van der Waals surface area contributed by atoms with Crippen molar-refractivity contribution in [3.05, 3.63) is 23.8 Å². The van der Waals surface area contributed by atoms with Crippen LogP contribution in [0.1, 0.15) is 12.5 Å². The molecule has 0 aromatic heterocycles. The van der Waals surface area contributed by atoms with Crippen molar-refractivity contribution < 1.29 is 22.7 Å². The Kier molecular flexibility index (Phi) is 4.95. The van der Waals surface area contributed by atoms with Crippen LogP contribution < -0.4 is 15.4 Å². The van der Waals surface area contributed by atoms with E-state index in [0.29, 0.717) is 17.2 Å². The summed E-state index contributed by atoms with van der Waals surface area (Å²) in [5.74, 6) is 0.126. The molecule has 7 heteroatoms. The molecule has 122 valence electrons. The Hall–Kier alpha value is -1.76. The summed E-state index contributed by atoms with van der Waals surface area (Å²) in [7, 11) is 0. The average molecular weight is 316 g/mol. The van der Waals surface area contributed by atoms with Crippen LogP contribution in [0.2, 0.25) is 0 Å². The minimum Gasteiger partial charge on any atom is -0.484 e. The molecule has 1 heterocycles. The van der Waals surface area contributed by atoms with E-state index in [1.807, 2.05) is 6.92 Å². The summed E-state index contributed by atoms with van der Waals surface area (Å²) in [4.78, 5) is 12.2. The van der Waals surface area contributed by atoms with Crippen LogP contribution in [0.25, 0.3) is 0 Å². The van der Waals surface area contributed by atoms with Gasteiger partial charge in [-0.15, -0.1) is 0 Å². The second kappa shape index (κ2) is 6.56. The van der Waals surface area contributed by atoms with Gasteiger partial charge in [-0.2, -0.15) is 13.2 Å². The van der Waals surface area contributed by atoms with Gasteiger partial charge in [-0.05, 0) is 38.1 Å². The molecule has 1 unspecified atom stereocenters. The van der Waals surface area contributed by atoms with Gasteiger partial charge in [-0.25, -0.2) is 0 Å². The number of hydrogen-bond acceptors (Lipinski definition) is 3. The van der Waals surface area contributed by atoms with Crippen LogP contribution >= 0.6 is 0 Å². The second-order valence-corrected chi connectivity index (χ2v) is 5.53. The molecule has 1 fully saturated rings. The Labute approximate surface area is 127 Å². The van der Waals surface area contributed by atoms with E-state index in [1.165, 1.54) is 6.07 Å². The van der Waals surface area contributed by atoms with Crippen molar-refractivity contribution in [2.24, 2.45) is 11.8 Å². The van der Waals surface area contributed by atoms with E-state index < -0.39 is 12.8 Å². The molecule has 1 aromatic carbocycles. The average Bonchev–Trinajstić information content (AvgIpc) is 2.36. The molecular weight excluding hydrogens is 297 g/mol. The predicted octanol–water partition coefficient (Wildman–Crippen LogP) is 2.73. The first-order valence-electron chi connectivity index (χ1n) is 7.08. The van der Waals surface area contributed by atoms with Crippen molar-refractivity contribution in [3.8, 4) is 5.75 Å². The van der Waals surface area contributed by atoms with Crippen molar-refractivity contribution in [2.45, 2.75) is 20.0 Å². The van der Waals surface area contributed by atoms with Gasteiger partial charge in [-0.3, -0.25) is 4.79 Å². The van der Waals surface area contributed by atoms with Gasteiger partial charge in [0.25, 0.3) is 0 Å². The summed E-state index contributed by atoms with van der Waals surface area (Å²) < 4.78 is 41.4. The van der Waals surface area contributed by atoms with Crippen molar-refractivity contribution in [2.75, 3.05) is 25.0 Å². The van der Waals surface area contributed by atoms with Gasteiger partial charge < -0.3 is 15.4 Å². The molecule has 1 aliphatic rings. The topological polar surface area (TPSA) is 50.4 Å². The van der Waals surface area contributed by atoms with Crippen LogP contribution in [0.3, 0.4) is 0 Å². The van der Waals surface area contributed by atoms with E-state index in [2.05, 4.69) is 10.6 Å². The number of halogens is 3. The maximum atomic E-state index is 12.2. The van der Waals surface area contributed by atoms with Crippen LogP contribution in [0.15, 0.2) is 18.2 Å². The fraction of sp³-hybridized carbons (Fsp3) is 0.533. The number of rotatable bonds is 5. The highest BCUT2D eigenvalue weighted by Gasteiger charge is 2.30.